The van der Waals surface area contributed by atoms with Crippen LogP contribution in [0.1, 0.15) is 59.3 Å². The Bertz CT molecular complexity index is 101. The van der Waals surface area contributed by atoms with E-state index in [-0.39, 0.29) is 0 Å². The predicted molar refractivity (Wildman–Crippen MR) is 62.4 cm³/mol. The van der Waals surface area contributed by atoms with Crippen molar-refractivity contribution in [2.24, 2.45) is 11.8 Å². The Hall–Kier alpha value is 0.290. The average Bonchev–Trinajstić information content (AvgIpc) is 2.17. The van der Waals surface area contributed by atoms with E-state index < -0.39 is 0 Å². The van der Waals surface area contributed by atoms with Crippen LogP contribution in [0, 0.1) is 11.8 Å². The number of rotatable bonds is 8. The molecule has 0 aliphatic rings. The maximum atomic E-state index is 5.78. The van der Waals surface area contributed by atoms with Gasteiger partial charge in [0.05, 0.1) is 0 Å². The number of hydrogen-bond donors (Lipinski definition) is 0. The molecule has 2 atom stereocenters. The van der Waals surface area contributed by atoms with E-state index in [1.54, 1.807) is 0 Å². The van der Waals surface area contributed by atoms with Gasteiger partial charge in [0.2, 0.25) is 0 Å². The average molecular weight is 205 g/mol. The lowest BCUT2D eigenvalue weighted by Crippen LogP contribution is -2.03. The molecule has 0 bridgehead atoms. The molecule has 0 aromatic heterocycles. The molecule has 0 fully saturated rings. The molecular weight excluding hydrogens is 180 g/mol. The summed E-state index contributed by atoms with van der Waals surface area (Å²) in [6.07, 6.45) is 8.18. The Morgan fingerprint density at radius 1 is 1.08 bits per heavy atom. The van der Waals surface area contributed by atoms with E-state index in [0.29, 0.717) is 5.92 Å². The third-order valence-corrected chi connectivity index (χ3v) is 3.40. The van der Waals surface area contributed by atoms with Crippen LogP contribution in [0.3, 0.4) is 0 Å². The normalized spacial score (nSPS) is 15.7. The van der Waals surface area contributed by atoms with Gasteiger partial charge in [0, 0.05) is 5.88 Å². The van der Waals surface area contributed by atoms with Crippen molar-refractivity contribution < 1.29 is 0 Å². The van der Waals surface area contributed by atoms with Crippen LogP contribution in [-0.4, -0.2) is 5.88 Å². The van der Waals surface area contributed by atoms with Crippen molar-refractivity contribution in [1.29, 1.82) is 0 Å². The van der Waals surface area contributed by atoms with Crippen molar-refractivity contribution in [3.8, 4) is 0 Å². The summed E-state index contributed by atoms with van der Waals surface area (Å²) in [5, 5.41) is 0. The Morgan fingerprint density at radius 3 is 2.23 bits per heavy atom. The van der Waals surface area contributed by atoms with Gasteiger partial charge in [-0.2, -0.15) is 0 Å². The molecule has 0 saturated heterocycles. The first-order chi connectivity index (χ1) is 6.24. The highest BCUT2D eigenvalue weighted by molar-refractivity contribution is 6.18. The molecule has 0 rings (SSSR count). The molecule has 0 aliphatic carbocycles. The van der Waals surface area contributed by atoms with E-state index in [0.717, 1.165) is 11.8 Å². The highest BCUT2D eigenvalue weighted by atomic mass is 35.5. The molecular formula is C12H25Cl. The summed E-state index contributed by atoms with van der Waals surface area (Å²) in [5.41, 5.74) is 0. The number of halogens is 1. The third-order valence-electron chi connectivity index (χ3n) is 2.87. The molecule has 0 aliphatic heterocycles. The fourth-order valence-corrected chi connectivity index (χ4v) is 1.80. The van der Waals surface area contributed by atoms with Crippen molar-refractivity contribution in [3.63, 3.8) is 0 Å². The molecule has 0 amide bonds. The van der Waals surface area contributed by atoms with Crippen molar-refractivity contribution >= 4 is 11.6 Å². The topological polar surface area (TPSA) is 0 Å². The smallest absolute Gasteiger partial charge is 0.0249 e. The summed E-state index contributed by atoms with van der Waals surface area (Å²) < 4.78 is 0. The SMILES string of the molecule is CCCCC(CC)CCC(C)CCl. The summed E-state index contributed by atoms with van der Waals surface area (Å²) in [6.45, 7) is 6.83. The number of hydrogen-bond acceptors (Lipinski definition) is 0. The highest BCUT2D eigenvalue weighted by Gasteiger charge is 2.08. The van der Waals surface area contributed by atoms with Crippen LogP contribution in [-0.2, 0) is 0 Å². The van der Waals surface area contributed by atoms with Crippen molar-refractivity contribution in [3.05, 3.63) is 0 Å². The molecule has 1 heteroatoms. The summed E-state index contributed by atoms with van der Waals surface area (Å²) in [4.78, 5) is 0. The van der Waals surface area contributed by atoms with Crippen LogP contribution >= 0.6 is 11.6 Å². The number of alkyl halides is 1. The zero-order valence-corrected chi connectivity index (χ0v) is 10.2. The predicted octanol–water partition coefficient (Wildman–Crippen LogP) is 4.86. The van der Waals surface area contributed by atoms with E-state index >= 15 is 0 Å². The molecule has 0 nitrogen and oxygen atoms in total. The maximum absolute atomic E-state index is 5.78. The van der Waals surface area contributed by atoms with Crippen molar-refractivity contribution in [2.45, 2.75) is 59.3 Å². The van der Waals surface area contributed by atoms with Gasteiger partial charge in [-0.1, -0.05) is 52.9 Å². The number of unbranched alkanes of at least 4 members (excludes halogenated alkanes) is 1. The molecule has 2 unspecified atom stereocenters. The van der Waals surface area contributed by atoms with E-state index in [4.69, 9.17) is 11.6 Å². The van der Waals surface area contributed by atoms with Gasteiger partial charge in [-0.05, 0) is 18.3 Å². The van der Waals surface area contributed by atoms with E-state index in [1.165, 1.54) is 38.5 Å². The monoisotopic (exact) mass is 204 g/mol. The zero-order valence-electron chi connectivity index (χ0n) is 9.48. The second kappa shape index (κ2) is 8.87. The lowest BCUT2D eigenvalue weighted by Gasteiger charge is -2.16. The molecule has 80 valence electrons. The van der Waals surface area contributed by atoms with Gasteiger partial charge in [0.15, 0.2) is 0 Å². The molecule has 13 heavy (non-hydrogen) atoms. The van der Waals surface area contributed by atoms with Crippen molar-refractivity contribution in [2.75, 3.05) is 5.88 Å². The minimum Gasteiger partial charge on any atom is -0.126 e. The van der Waals surface area contributed by atoms with Gasteiger partial charge in [0.1, 0.15) is 0 Å². The van der Waals surface area contributed by atoms with Crippen LogP contribution < -0.4 is 0 Å². The second-order valence-corrected chi connectivity index (χ2v) is 4.56. The quantitative estimate of drug-likeness (QED) is 0.496. The second-order valence-electron chi connectivity index (χ2n) is 4.25. The first-order valence-corrected chi connectivity index (χ1v) is 6.33. The molecule has 0 aromatic rings. The van der Waals surface area contributed by atoms with Gasteiger partial charge in [0.25, 0.3) is 0 Å². The minimum absolute atomic E-state index is 0.706. The molecule has 0 N–H and O–H groups in total. The van der Waals surface area contributed by atoms with Gasteiger partial charge >= 0.3 is 0 Å². The molecule has 0 aromatic carbocycles. The lowest BCUT2D eigenvalue weighted by atomic mass is 9.91. The van der Waals surface area contributed by atoms with Gasteiger partial charge < -0.3 is 0 Å². The van der Waals surface area contributed by atoms with Gasteiger partial charge in [-0.25, -0.2) is 0 Å². The summed E-state index contributed by atoms with van der Waals surface area (Å²) >= 11 is 5.78. The highest BCUT2D eigenvalue weighted by Crippen LogP contribution is 2.21. The third kappa shape index (κ3) is 7.37. The van der Waals surface area contributed by atoms with Gasteiger partial charge in [-0.3, -0.25) is 0 Å². The van der Waals surface area contributed by atoms with Crippen LogP contribution in [0.2, 0.25) is 0 Å². The Kier molecular flexibility index (Phi) is 9.07. The van der Waals surface area contributed by atoms with Crippen molar-refractivity contribution in [1.82, 2.24) is 0 Å². The van der Waals surface area contributed by atoms with Crippen LogP contribution in [0.25, 0.3) is 0 Å². The van der Waals surface area contributed by atoms with Crippen LogP contribution in [0.5, 0.6) is 0 Å². The summed E-state index contributed by atoms with van der Waals surface area (Å²) in [5.74, 6) is 2.48. The molecule has 0 heterocycles. The van der Waals surface area contributed by atoms with E-state index in [1.807, 2.05) is 0 Å². The minimum atomic E-state index is 0.706. The fourth-order valence-electron chi connectivity index (χ4n) is 1.64. The Labute approximate surface area is 89.1 Å². The lowest BCUT2D eigenvalue weighted by molar-refractivity contribution is 0.382. The first-order valence-electron chi connectivity index (χ1n) is 5.80. The van der Waals surface area contributed by atoms with E-state index in [2.05, 4.69) is 20.8 Å². The van der Waals surface area contributed by atoms with E-state index in [9.17, 15) is 0 Å². The standard InChI is InChI=1S/C12H25Cl/c1-4-6-7-12(5-2)9-8-11(3)10-13/h11-12H,4-10H2,1-3H3. The maximum Gasteiger partial charge on any atom is 0.0249 e. The first kappa shape index (κ1) is 13.3. The molecule has 0 saturated carbocycles. The Morgan fingerprint density at radius 2 is 1.77 bits per heavy atom. The fraction of sp³-hybridized carbons (Fsp3) is 1.00. The van der Waals surface area contributed by atoms with Gasteiger partial charge in [-0.15, -0.1) is 11.6 Å². The molecule has 0 radical (unpaired) electrons. The Balaban J connectivity index is 3.46. The summed E-state index contributed by atoms with van der Waals surface area (Å²) in [7, 11) is 0. The van der Waals surface area contributed by atoms with Crippen LogP contribution in [0.4, 0.5) is 0 Å². The molecule has 0 spiro atoms. The zero-order chi connectivity index (χ0) is 10.1. The summed E-state index contributed by atoms with van der Waals surface area (Å²) in [6, 6.07) is 0. The van der Waals surface area contributed by atoms with Crippen LogP contribution in [0.15, 0.2) is 0 Å². The largest absolute Gasteiger partial charge is 0.126 e.